The molecule has 1 aromatic carbocycles. The number of aromatic nitrogens is 3. The van der Waals surface area contributed by atoms with Gasteiger partial charge in [0.15, 0.2) is 0 Å². The van der Waals surface area contributed by atoms with E-state index in [1.54, 1.807) is 12.3 Å². The summed E-state index contributed by atoms with van der Waals surface area (Å²) < 4.78 is 11.3. The molecule has 1 N–H and O–H groups in total. The van der Waals surface area contributed by atoms with Crippen LogP contribution in [0.1, 0.15) is 5.69 Å². The van der Waals surface area contributed by atoms with Crippen LogP contribution in [0.3, 0.4) is 0 Å². The normalized spacial score (nSPS) is 10.9. The van der Waals surface area contributed by atoms with Crippen molar-refractivity contribution in [1.82, 2.24) is 15.4 Å². The largest absolute Gasteiger partial charge is 0.486 e. The van der Waals surface area contributed by atoms with Gasteiger partial charge in [0.05, 0.1) is 16.2 Å². The van der Waals surface area contributed by atoms with Crippen LogP contribution in [0.25, 0.3) is 10.9 Å². The number of halogens is 1. The number of fused-ring (bicyclic) bond motifs is 1. The molecule has 5 nitrogen and oxygen atoms in total. The minimum absolute atomic E-state index is 0.370. The average Bonchev–Trinajstić information content (AvgIpc) is 2.95. The van der Waals surface area contributed by atoms with Gasteiger partial charge >= 0.3 is 0 Å². The van der Waals surface area contributed by atoms with Crippen LogP contribution in [0.4, 0.5) is 0 Å². The second kappa shape index (κ2) is 4.21. The van der Waals surface area contributed by atoms with Crippen LogP contribution < -0.4 is 4.74 Å². The molecule has 0 bridgehead atoms. The maximum atomic E-state index is 5.64. The Morgan fingerprint density at radius 1 is 1.41 bits per heavy atom. The monoisotopic (exact) mass is 293 g/mol. The average molecular weight is 294 g/mol. The summed E-state index contributed by atoms with van der Waals surface area (Å²) in [6.45, 7) is 0.370. The van der Waals surface area contributed by atoms with Crippen molar-refractivity contribution < 1.29 is 9.26 Å². The fourth-order valence-electron chi connectivity index (χ4n) is 1.52. The van der Waals surface area contributed by atoms with Gasteiger partial charge in [-0.2, -0.15) is 5.10 Å². The van der Waals surface area contributed by atoms with E-state index >= 15 is 0 Å². The van der Waals surface area contributed by atoms with Gasteiger partial charge in [0.25, 0.3) is 0 Å². The summed E-state index contributed by atoms with van der Waals surface area (Å²) >= 11 is 3.46. The molecule has 6 heteroatoms. The summed E-state index contributed by atoms with van der Waals surface area (Å²) in [6, 6.07) is 5.62. The van der Waals surface area contributed by atoms with Gasteiger partial charge in [-0.05, 0) is 22.0 Å². The van der Waals surface area contributed by atoms with E-state index in [2.05, 4.69) is 31.3 Å². The maximum Gasteiger partial charge on any atom is 0.136 e. The Morgan fingerprint density at radius 3 is 3.18 bits per heavy atom. The second-order valence-electron chi connectivity index (χ2n) is 3.52. The predicted octanol–water partition coefficient (Wildman–Crippen LogP) is 2.89. The Labute approximate surface area is 105 Å². The zero-order valence-electron chi connectivity index (χ0n) is 8.68. The lowest BCUT2D eigenvalue weighted by atomic mass is 10.2. The van der Waals surface area contributed by atoms with Gasteiger partial charge in [0.2, 0.25) is 0 Å². The molecule has 0 aliphatic heterocycles. The van der Waals surface area contributed by atoms with E-state index < -0.39 is 0 Å². The molecule has 3 rings (SSSR count). The Kier molecular flexibility index (Phi) is 2.56. The molecule has 0 saturated heterocycles. The van der Waals surface area contributed by atoms with Crippen molar-refractivity contribution in [3.05, 3.63) is 40.8 Å². The van der Waals surface area contributed by atoms with Crippen LogP contribution in [0.15, 0.2) is 39.7 Å². The Balaban J connectivity index is 1.86. The zero-order valence-corrected chi connectivity index (χ0v) is 10.3. The van der Waals surface area contributed by atoms with Crippen molar-refractivity contribution in [3.63, 3.8) is 0 Å². The third kappa shape index (κ3) is 2.03. The molecule has 0 saturated carbocycles. The zero-order chi connectivity index (χ0) is 11.7. The molecule has 0 fully saturated rings. The van der Waals surface area contributed by atoms with E-state index in [4.69, 9.17) is 9.26 Å². The fourth-order valence-corrected chi connectivity index (χ4v) is 1.99. The Morgan fingerprint density at radius 2 is 2.35 bits per heavy atom. The van der Waals surface area contributed by atoms with Crippen molar-refractivity contribution >= 4 is 26.8 Å². The molecule has 0 radical (unpaired) electrons. The second-order valence-corrected chi connectivity index (χ2v) is 4.37. The van der Waals surface area contributed by atoms with Crippen LogP contribution in [0, 0.1) is 0 Å². The van der Waals surface area contributed by atoms with Gasteiger partial charge in [0.1, 0.15) is 24.3 Å². The molecule has 0 amide bonds. The van der Waals surface area contributed by atoms with Gasteiger partial charge in [-0.25, -0.2) is 0 Å². The first kappa shape index (κ1) is 10.3. The van der Waals surface area contributed by atoms with Crippen LogP contribution in [-0.2, 0) is 6.61 Å². The highest BCUT2D eigenvalue weighted by atomic mass is 79.9. The van der Waals surface area contributed by atoms with E-state index in [9.17, 15) is 0 Å². The molecule has 3 aromatic rings. The quantitative estimate of drug-likeness (QED) is 0.806. The standard InChI is InChI=1S/C11H8BrN3O2/c12-9-3-7-5-13-14-10(7)4-11(9)16-6-8-1-2-17-15-8/h1-5H,6H2,(H,13,14). The molecule has 0 unspecified atom stereocenters. The molecule has 0 spiro atoms. The van der Waals surface area contributed by atoms with Gasteiger partial charge in [-0.1, -0.05) is 5.16 Å². The molecular weight excluding hydrogens is 286 g/mol. The van der Waals surface area contributed by atoms with Crippen molar-refractivity contribution in [2.24, 2.45) is 0 Å². The van der Waals surface area contributed by atoms with Gasteiger partial charge in [-0.3, -0.25) is 5.10 Å². The molecular formula is C11H8BrN3O2. The number of hydrogen-bond donors (Lipinski definition) is 1. The smallest absolute Gasteiger partial charge is 0.136 e. The summed E-state index contributed by atoms with van der Waals surface area (Å²) in [4.78, 5) is 0. The van der Waals surface area contributed by atoms with E-state index in [1.165, 1.54) is 6.26 Å². The molecule has 0 aliphatic rings. The first-order valence-electron chi connectivity index (χ1n) is 4.97. The summed E-state index contributed by atoms with van der Waals surface area (Å²) in [6.07, 6.45) is 3.29. The van der Waals surface area contributed by atoms with Crippen LogP contribution in [0.2, 0.25) is 0 Å². The van der Waals surface area contributed by atoms with Crippen molar-refractivity contribution in [2.75, 3.05) is 0 Å². The predicted molar refractivity (Wildman–Crippen MR) is 64.6 cm³/mol. The molecule has 17 heavy (non-hydrogen) atoms. The van der Waals surface area contributed by atoms with Crippen molar-refractivity contribution in [1.29, 1.82) is 0 Å². The number of rotatable bonds is 3. The number of nitrogens with one attached hydrogen (secondary N) is 1. The van der Waals surface area contributed by atoms with Crippen LogP contribution >= 0.6 is 15.9 Å². The lowest BCUT2D eigenvalue weighted by Gasteiger charge is -2.06. The molecule has 2 aromatic heterocycles. The van der Waals surface area contributed by atoms with E-state index in [-0.39, 0.29) is 0 Å². The number of aromatic amines is 1. The van der Waals surface area contributed by atoms with Crippen LogP contribution in [-0.4, -0.2) is 15.4 Å². The maximum absolute atomic E-state index is 5.64. The highest BCUT2D eigenvalue weighted by Crippen LogP contribution is 2.29. The summed E-state index contributed by atoms with van der Waals surface area (Å²) in [5.41, 5.74) is 1.69. The number of ether oxygens (including phenoxy) is 1. The number of H-pyrrole nitrogens is 1. The summed E-state index contributed by atoms with van der Waals surface area (Å²) in [5, 5.41) is 11.7. The first-order chi connectivity index (χ1) is 8.33. The van der Waals surface area contributed by atoms with Crippen LogP contribution in [0.5, 0.6) is 5.75 Å². The minimum atomic E-state index is 0.370. The minimum Gasteiger partial charge on any atom is -0.486 e. The number of benzene rings is 1. The third-order valence-corrected chi connectivity index (χ3v) is 2.98. The van der Waals surface area contributed by atoms with E-state index in [1.807, 2.05) is 12.1 Å². The summed E-state index contributed by atoms with van der Waals surface area (Å²) in [7, 11) is 0. The lowest BCUT2D eigenvalue weighted by molar-refractivity contribution is 0.288. The van der Waals surface area contributed by atoms with Crippen molar-refractivity contribution in [2.45, 2.75) is 6.61 Å². The van der Waals surface area contributed by atoms with Gasteiger partial charge in [-0.15, -0.1) is 0 Å². The molecule has 86 valence electrons. The topological polar surface area (TPSA) is 63.9 Å². The highest BCUT2D eigenvalue weighted by Gasteiger charge is 2.06. The number of nitrogens with zero attached hydrogens (tertiary/aromatic N) is 2. The summed E-state index contributed by atoms with van der Waals surface area (Å²) in [5.74, 6) is 0.741. The molecule has 0 atom stereocenters. The fraction of sp³-hybridized carbons (Fsp3) is 0.0909. The van der Waals surface area contributed by atoms with E-state index in [0.29, 0.717) is 6.61 Å². The van der Waals surface area contributed by atoms with Gasteiger partial charge < -0.3 is 9.26 Å². The first-order valence-corrected chi connectivity index (χ1v) is 5.77. The van der Waals surface area contributed by atoms with E-state index in [0.717, 1.165) is 26.8 Å². The van der Waals surface area contributed by atoms with Gasteiger partial charge in [0, 0.05) is 17.5 Å². The third-order valence-electron chi connectivity index (χ3n) is 2.36. The number of hydrogen-bond acceptors (Lipinski definition) is 4. The Hall–Kier alpha value is -1.82. The lowest BCUT2D eigenvalue weighted by Crippen LogP contribution is -1.96. The van der Waals surface area contributed by atoms with Crippen molar-refractivity contribution in [3.8, 4) is 5.75 Å². The SMILES string of the molecule is Brc1cc2cn[nH]c2cc1OCc1ccon1. The Bertz CT molecular complexity index is 633. The molecule has 0 aliphatic carbocycles. The molecule has 2 heterocycles. The highest BCUT2D eigenvalue weighted by molar-refractivity contribution is 9.10.